The number of thioether (sulfide) groups is 1. The van der Waals surface area contributed by atoms with Crippen molar-refractivity contribution in [3.05, 3.63) is 24.3 Å². The molecule has 2 N–H and O–H groups in total. The highest BCUT2D eigenvalue weighted by Crippen LogP contribution is 2.30. The van der Waals surface area contributed by atoms with Crippen LogP contribution in [0.1, 0.15) is 20.8 Å². The number of anilines is 1. The third kappa shape index (κ3) is 3.73. The zero-order valence-corrected chi connectivity index (χ0v) is 9.32. The molecule has 0 amide bonds. The van der Waals surface area contributed by atoms with Gasteiger partial charge in [-0.3, -0.25) is 0 Å². The Morgan fingerprint density at radius 3 is 2.38 bits per heavy atom. The molecule has 72 valence electrons. The molecular weight excluding hydrogens is 178 g/mol. The average molecular weight is 195 g/mol. The van der Waals surface area contributed by atoms with Crippen LogP contribution in [0.3, 0.4) is 0 Å². The van der Waals surface area contributed by atoms with Crippen molar-refractivity contribution in [1.82, 2.24) is 0 Å². The minimum atomic E-state index is 0.354. The Morgan fingerprint density at radius 1 is 1.23 bits per heavy atom. The lowest BCUT2D eigenvalue weighted by Crippen LogP contribution is -2.08. The molecule has 0 saturated carbocycles. The van der Waals surface area contributed by atoms with E-state index in [1.54, 1.807) is 0 Å². The van der Waals surface area contributed by atoms with E-state index in [4.69, 9.17) is 5.73 Å². The van der Waals surface area contributed by atoms with Crippen LogP contribution in [0, 0.1) is 5.41 Å². The molecule has 0 aromatic heterocycles. The molecule has 1 aromatic rings. The van der Waals surface area contributed by atoms with E-state index in [-0.39, 0.29) is 0 Å². The summed E-state index contributed by atoms with van der Waals surface area (Å²) in [5.41, 5.74) is 7.07. The smallest absolute Gasteiger partial charge is 0.0452 e. The number of nitrogen functional groups attached to an aromatic ring is 1. The van der Waals surface area contributed by atoms with E-state index in [0.717, 1.165) is 11.4 Å². The fourth-order valence-electron chi connectivity index (χ4n) is 0.906. The summed E-state index contributed by atoms with van der Waals surface area (Å²) in [4.78, 5) is 1.19. The van der Waals surface area contributed by atoms with Crippen LogP contribution in [0.25, 0.3) is 0 Å². The number of hydrogen-bond donors (Lipinski definition) is 1. The van der Waals surface area contributed by atoms with Gasteiger partial charge < -0.3 is 5.73 Å². The van der Waals surface area contributed by atoms with E-state index in [2.05, 4.69) is 26.8 Å². The van der Waals surface area contributed by atoms with Crippen molar-refractivity contribution in [2.45, 2.75) is 25.7 Å². The predicted molar refractivity (Wildman–Crippen MR) is 61.0 cm³/mol. The Balaban J connectivity index is 2.60. The summed E-state index contributed by atoms with van der Waals surface area (Å²) in [6.07, 6.45) is 0. The Labute approximate surface area is 84.7 Å². The first-order valence-corrected chi connectivity index (χ1v) is 5.45. The maximum absolute atomic E-state index is 5.83. The molecule has 0 aliphatic carbocycles. The highest BCUT2D eigenvalue weighted by Gasteiger charge is 2.11. The third-order valence-electron chi connectivity index (χ3n) is 1.58. The number of rotatable bonds is 2. The number of nitrogens with two attached hydrogens (primary N) is 1. The van der Waals surface area contributed by atoms with Crippen LogP contribution in [0.2, 0.25) is 0 Å². The van der Waals surface area contributed by atoms with Crippen molar-refractivity contribution in [3.8, 4) is 0 Å². The van der Waals surface area contributed by atoms with E-state index >= 15 is 0 Å². The van der Waals surface area contributed by atoms with E-state index in [0.29, 0.717) is 5.41 Å². The molecule has 0 spiro atoms. The summed E-state index contributed by atoms with van der Waals surface area (Å²) >= 11 is 1.83. The maximum atomic E-state index is 5.83. The lowest BCUT2D eigenvalue weighted by atomic mass is 10.0. The molecule has 0 aliphatic rings. The van der Waals surface area contributed by atoms with Gasteiger partial charge in [0.2, 0.25) is 0 Å². The standard InChI is InChI=1S/C11H17NS/c1-11(2,3)8-13-10-7-5-4-6-9(10)12/h4-7H,8,12H2,1-3H3. The summed E-state index contributed by atoms with van der Waals surface area (Å²) in [6, 6.07) is 8.02. The number of benzene rings is 1. The fraction of sp³-hybridized carbons (Fsp3) is 0.455. The first-order valence-electron chi connectivity index (χ1n) is 4.46. The molecule has 0 radical (unpaired) electrons. The molecule has 0 atom stereocenters. The van der Waals surface area contributed by atoms with Gasteiger partial charge in [0.05, 0.1) is 0 Å². The third-order valence-corrected chi connectivity index (χ3v) is 3.27. The minimum Gasteiger partial charge on any atom is -0.398 e. The Morgan fingerprint density at radius 2 is 1.85 bits per heavy atom. The molecule has 0 unspecified atom stereocenters. The molecule has 0 aliphatic heterocycles. The lowest BCUT2D eigenvalue weighted by Gasteiger charge is -2.17. The van der Waals surface area contributed by atoms with E-state index in [1.165, 1.54) is 4.90 Å². The average Bonchev–Trinajstić information content (AvgIpc) is 2.01. The molecule has 0 saturated heterocycles. The second-order valence-corrected chi connectivity index (χ2v) is 5.40. The number of hydrogen-bond acceptors (Lipinski definition) is 2. The topological polar surface area (TPSA) is 26.0 Å². The maximum Gasteiger partial charge on any atom is 0.0452 e. The van der Waals surface area contributed by atoms with Crippen LogP contribution in [0.15, 0.2) is 29.2 Å². The zero-order chi connectivity index (χ0) is 9.90. The molecular formula is C11H17NS. The van der Waals surface area contributed by atoms with Crippen LogP contribution < -0.4 is 5.73 Å². The first kappa shape index (κ1) is 10.5. The summed E-state index contributed by atoms with van der Waals surface area (Å²) in [5.74, 6) is 1.10. The molecule has 0 fully saturated rings. The van der Waals surface area contributed by atoms with Gasteiger partial charge in [0, 0.05) is 16.3 Å². The number of para-hydroxylation sites is 1. The van der Waals surface area contributed by atoms with Crippen LogP contribution in [0.4, 0.5) is 5.69 Å². The monoisotopic (exact) mass is 195 g/mol. The van der Waals surface area contributed by atoms with Gasteiger partial charge in [0.1, 0.15) is 0 Å². The minimum absolute atomic E-state index is 0.354. The highest BCUT2D eigenvalue weighted by molar-refractivity contribution is 7.99. The zero-order valence-electron chi connectivity index (χ0n) is 8.50. The molecule has 1 rings (SSSR count). The Bertz CT molecular complexity index is 276. The molecule has 13 heavy (non-hydrogen) atoms. The largest absolute Gasteiger partial charge is 0.398 e. The summed E-state index contributed by atoms with van der Waals surface area (Å²) in [6.45, 7) is 6.71. The van der Waals surface area contributed by atoms with Gasteiger partial charge in [0.15, 0.2) is 0 Å². The van der Waals surface area contributed by atoms with Gasteiger partial charge in [-0.25, -0.2) is 0 Å². The van der Waals surface area contributed by atoms with Gasteiger partial charge in [-0.1, -0.05) is 32.9 Å². The van der Waals surface area contributed by atoms with Crippen LogP contribution in [-0.4, -0.2) is 5.75 Å². The molecule has 2 heteroatoms. The van der Waals surface area contributed by atoms with Crippen molar-refractivity contribution in [2.75, 3.05) is 11.5 Å². The lowest BCUT2D eigenvalue weighted by molar-refractivity contribution is 0.481. The Kier molecular flexibility index (Phi) is 3.26. The molecule has 1 nitrogen and oxygen atoms in total. The van der Waals surface area contributed by atoms with E-state index in [9.17, 15) is 0 Å². The second-order valence-electron chi connectivity index (χ2n) is 4.39. The second kappa shape index (κ2) is 4.05. The normalized spacial score (nSPS) is 11.6. The van der Waals surface area contributed by atoms with Crippen molar-refractivity contribution in [1.29, 1.82) is 0 Å². The first-order chi connectivity index (χ1) is 5.99. The summed E-state index contributed by atoms with van der Waals surface area (Å²) in [5, 5.41) is 0. The molecule has 0 bridgehead atoms. The van der Waals surface area contributed by atoms with Gasteiger partial charge >= 0.3 is 0 Å². The van der Waals surface area contributed by atoms with Crippen LogP contribution in [0.5, 0.6) is 0 Å². The molecule has 1 aromatic carbocycles. The van der Waals surface area contributed by atoms with Crippen molar-refractivity contribution >= 4 is 17.4 Å². The van der Waals surface area contributed by atoms with Crippen LogP contribution in [-0.2, 0) is 0 Å². The van der Waals surface area contributed by atoms with Gasteiger partial charge in [-0.2, -0.15) is 0 Å². The summed E-state index contributed by atoms with van der Waals surface area (Å²) in [7, 11) is 0. The highest BCUT2D eigenvalue weighted by atomic mass is 32.2. The van der Waals surface area contributed by atoms with Crippen LogP contribution >= 0.6 is 11.8 Å². The van der Waals surface area contributed by atoms with Gasteiger partial charge in [-0.15, -0.1) is 11.8 Å². The van der Waals surface area contributed by atoms with Gasteiger partial charge in [-0.05, 0) is 17.5 Å². The van der Waals surface area contributed by atoms with Crippen molar-refractivity contribution in [3.63, 3.8) is 0 Å². The molecule has 0 heterocycles. The SMILES string of the molecule is CC(C)(C)CSc1ccccc1N. The van der Waals surface area contributed by atoms with E-state index < -0.39 is 0 Å². The Hall–Kier alpha value is -0.630. The predicted octanol–water partition coefficient (Wildman–Crippen LogP) is 3.41. The van der Waals surface area contributed by atoms with Crippen molar-refractivity contribution < 1.29 is 0 Å². The van der Waals surface area contributed by atoms with E-state index in [1.807, 2.05) is 30.0 Å². The summed E-state index contributed by atoms with van der Waals surface area (Å²) < 4.78 is 0. The van der Waals surface area contributed by atoms with Crippen molar-refractivity contribution in [2.24, 2.45) is 5.41 Å². The van der Waals surface area contributed by atoms with Gasteiger partial charge in [0.25, 0.3) is 0 Å². The quantitative estimate of drug-likeness (QED) is 0.578. The fourth-order valence-corrected chi connectivity index (χ4v) is 1.90.